The van der Waals surface area contributed by atoms with Crippen molar-refractivity contribution in [2.75, 3.05) is 0 Å². The van der Waals surface area contributed by atoms with Gasteiger partial charge < -0.3 is 9.84 Å². The Balaban J connectivity index is 2.16. The van der Waals surface area contributed by atoms with Crippen LogP contribution >= 0.6 is 0 Å². The summed E-state index contributed by atoms with van der Waals surface area (Å²) in [4.78, 5) is 22.4. The van der Waals surface area contributed by atoms with Gasteiger partial charge in [0.15, 0.2) is 5.78 Å². The predicted molar refractivity (Wildman–Crippen MR) is 78.9 cm³/mol. The first kappa shape index (κ1) is 14.8. The van der Waals surface area contributed by atoms with Gasteiger partial charge in [-0.2, -0.15) is 0 Å². The minimum Gasteiger partial charge on any atom is -0.489 e. The summed E-state index contributed by atoms with van der Waals surface area (Å²) < 4.78 is 5.62. The highest BCUT2D eigenvalue weighted by Crippen LogP contribution is 2.19. The molecule has 0 spiro atoms. The van der Waals surface area contributed by atoms with Gasteiger partial charge >= 0.3 is 5.97 Å². The number of ether oxygens (including phenoxy) is 1. The zero-order valence-electron chi connectivity index (χ0n) is 11.9. The maximum Gasteiger partial charge on any atom is 0.336 e. The molecule has 0 aliphatic carbocycles. The van der Waals surface area contributed by atoms with Crippen LogP contribution in [0.25, 0.3) is 0 Å². The third-order valence-corrected chi connectivity index (χ3v) is 3.28. The highest BCUT2D eigenvalue weighted by Gasteiger charge is 2.12. The molecule has 0 bridgehead atoms. The molecule has 2 aromatic rings. The van der Waals surface area contributed by atoms with Crippen molar-refractivity contribution in [2.45, 2.75) is 20.5 Å². The number of carbonyl (C=O) groups excluding carboxylic acids is 1. The number of aromatic carboxylic acids is 1. The standard InChI is InChI=1S/C17H16O4/c1-11-4-3-5-15(17(19)20)16(11)10-21-14-8-6-13(7-9-14)12(2)18/h3-9H,10H2,1-2H3,(H,19,20). The van der Waals surface area contributed by atoms with Gasteiger partial charge in [-0.1, -0.05) is 12.1 Å². The fourth-order valence-corrected chi connectivity index (χ4v) is 2.04. The fourth-order valence-electron chi connectivity index (χ4n) is 2.04. The number of benzene rings is 2. The molecule has 0 amide bonds. The van der Waals surface area contributed by atoms with Gasteiger partial charge in [-0.3, -0.25) is 4.79 Å². The van der Waals surface area contributed by atoms with Gasteiger partial charge in [0.25, 0.3) is 0 Å². The summed E-state index contributed by atoms with van der Waals surface area (Å²) >= 11 is 0. The minimum atomic E-state index is -0.968. The molecule has 0 aliphatic rings. The van der Waals surface area contributed by atoms with Gasteiger partial charge in [-0.05, 0) is 49.7 Å². The number of aryl methyl sites for hydroxylation is 1. The van der Waals surface area contributed by atoms with Crippen molar-refractivity contribution in [3.8, 4) is 5.75 Å². The number of carbonyl (C=O) groups is 2. The van der Waals surface area contributed by atoms with Crippen molar-refractivity contribution in [1.29, 1.82) is 0 Å². The lowest BCUT2D eigenvalue weighted by atomic mass is 10.0. The third kappa shape index (κ3) is 3.48. The lowest BCUT2D eigenvalue weighted by molar-refractivity contribution is 0.0693. The van der Waals surface area contributed by atoms with Crippen molar-refractivity contribution in [2.24, 2.45) is 0 Å². The summed E-state index contributed by atoms with van der Waals surface area (Å²) in [6.07, 6.45) is 0. The molecule has 0 saturated carbocycles. The first-order valence-electron chi connectivity index (χ1n) is 6.54. The van der Waals surface area contributed by atoms with Crippen LogP contribution in [0.1, 0.15) is 38.8 Å². The molecule has 2 rings (SSSR count). The Bertz CT molecular complexity index is 672. The first-order chi connectivity index (χ1) is 9.99. The van der Waals surface area contributed by atoms with Crippen molar-refractivity contribution in [3.63, 3.8) is 0 Å². The minimum absolute atomic E-state index is 0.00591. The van der Waals surface area contributed by atoms with Crippen LogP contribution in [0.3, 0.4) is 0 Å². The second kappa shape index (κ2) is 6.22. The Hall–Kier alpha value is -2.62. The molecule has 2 aromatic carbocycles. The lowest BCUT2D eigenvalue weighted by Gasteiger charge is -2.11. The molecule has 0 fully saturated rings. The number of rotatable bonds is 5. The average Bonchev–Trinajstić information content (AvgIpc) is 2.46. The molecule has 1 N–H and O–H groups in total. The molecule has 0 aliphatic heterocycles. The van der Waals surface area contributed by atoms with Crippen LogP contribution in [0.15, 0.2) is 42.5 Å². The molecule has 0 radical (unpaired) electrons. The molecular formula is C17H16O4. The Morgan fingerprint density at radius 1 is 1.10 bits per heavy atom. The van der Waals surface area contributed by atoms with Crippen molar-refractivity contribution in [1.82, 2.24) is 0 Å². The quantitative estimate of drug-likeness (QED) is 0.854. The summed E-state index contributed by atoms with van der Waals surface area (Å²) in [6.45, 7) is 3.53. The summed E-state index contributed by atoms with van der Waals surface area (Å²) in [5.41, 5.74) is 2.38. The van der Waals surface area contributed by atoms with Crippen LogP contribution in [0.5, 0.6) is 5.75 Å². The van der Waals surface area contributed by atoms with Gasteiger partial charge in [0.2, 0.25) is 0 Å². The van der Waals surface area contributed by atoms with Crippen LogP contribution in [0.2, 0.25) is 0 Å². The van der Waals surface area contributed by atoms with E-state index < -0.39 is 5.97 Å². The Morgan fingerprint density at radius 3 is 2.33 bits per heavy atom. The van der Waals surface area contributed by atoms with E-state index in [0.29, 0.717) is 16.9 Å². The SMILES string of the molecule is CC(=O)c1ccc(OCc2c(C)cccc2C(=O)O)cc1. The van der Waals surface area contributed by atoms with Crippen molar-refractivity contribution in [3.05, 3.63) is 64.7 Å². The average molecular weight is 284 g/mol. The van der Waals surface area contributed by atoms with E-state index >= 15 is 0 Å². The monoisotopic (exact) mass is 284 g/mol. The van der Waals surface area contributed by atoms with Crippen LogP contribution < -0.4 is 4.74 Å². The summed E-state index contributed by atoms with van der Waals surface area (Å²) in [5.74, 6) is -0.377. The van der Waals surface area contributed by atoms with Crippen LogP contribution in [-0.4, -0.2) is 16.9 Å². The molecule has 108 valence electrons. The number of hydrogen-bond acceptors (Lipinski definition) is 3. The van der Waals surface area contributed by atoms with Crippen LogP contribution in [0, 0.1) is 6.92 Å². The molecule has 4 heteroatoms. The normalized spacial score (nSPS) is 10.2. The maximum atomic E-state index is 11.2. The highest BCUT2D eigenvalue weighted by atomic mass is 16.5. The lowest BCUT2D eigenvalue weighted by Crippen LogP contribution is -2.07. The number of hydrogen-bond donors (Lipinski definition) is 1. The van der Waals surface area contributed by atoms with E-state index in [1.807, 2.05) is 13.0 Å². The van der Waals surface area contributed by atoms with Crippen molar-refractivity contribution < 1.29 is 19.4 Å². The Kier molecular flexibility index (Phi) is 4.38. The van der Waals surface area contributed by atoms with Gasteiger partial charge in [0.1, 0.15) is 12.4 Å². The number of ketones is 1. The molecule has 0 saturated heterocycles. The summed E-state index contributed by atoms with van der Waals surface area (Å²) in [7, 11) is 0. The zero-order valence-corrected chi connectivity index (χ0v) is 11.9. The largest absolute Gasteiger partial charge is 0.489 e. The van der Waals surface area contributed by atoms with E-state index in [1.165, 1.54) is 6.92 Å². The van der Waals surface area contributed by atoms with Gasteiger partial charge in [-0.25, -0.2) is 4.79 Å². The summed E-state index contributed by atoms with van der Waals surface area (Å²) in [5, 5.41) is 9.19. The molecule has 0 heterocycles. The zero-order chi connectivity index (χ0) is 15.4. The molecule has 0 unspecified atom stereocenters. The Morgan fingerprint density at radius 2 is 1.76 bits per heavy atom. The second-order valence-electron chi connectivity index (χ2n) is 4.78. The molecule has 21 heavy (non-hydrogen) atoms. The van der Waals surface area contributed by atoms with E-state index in [2.05, 4.69) is 0 Å². The first-order valence-corrected chi connectivity index (χ1v) is 6.54. The van der Waals surface area contributed by atoms with Crippen LogP contribution in [-0.2, 0) is 6.61 Å². The fraction of sp³-hybridized carbons (Fsp3) is 0.176. The molecule has 0 aromatic heterocycles. The number of carboxylic acids is 1. The van der Waals surface area contributed by atoms with E-state index in [-0.39, 0.29) is 18.0 Å². The molecular weight excluding hydrogens is 268 g/mol. The second-order valence-corrected chi connectivity index (χ2v) is 4.78. The molecule has 0 atom stereocenters. The topological polar surface area (TPSA) is 63.6 Å². The molecule has 4 nitrogen and oxygen atoms in total. The van der Waals surface area contributed by atoms with E-state index in [0.717, 1.165) is 5.56 Å². The smallest absolute Gasteiger partial charge is 0.336 e. The highest BCUT2D eigenvalue weighted by molar-refractivity contribution is 5.94. The third-order valence-electron chi connectivity index (χ3n) is 3.28. The van der Waals surface area contributed by atoms with E-state index in [9.17, 15) is 14.7 Å². The van der Waals surface area contributed by atoms with Gasteiger partial charge in [-0.15, -0.1) is 0 Å². The number of Topliss-reactive ketones (excluding diaryl/α,β-unsaturated/α-hetero) is 1. The van der Waals surface area contributed by atoms with Crippen molar-refractivity contribution >= 4 is 11.8 Å². The number of carboxylic acid groups (broad SMARTS) is 1. The summed E-state index contributed by atoms with van der Waals surface area (Å²) in [6, 6.07) is 11.9. The van der Waals surface area contributed by atoms with E-state index in [4.69, 9.17) is 4.74 Å². The van der Waals surface area contributed by atoms with Gasteiger partial charge in [0.05, 0.1) is 5.56 Å². The Labute approximate surface area is 123 Å². The van der Waals surface area contributed by atoms with Gasteiger partial charge in [0, 0.05) is 11.1 Å². The predicted octanol–water partition coefficient (Wildman–Crippen LogP) is 3.47. The van der Waals surface area contributed by atoms with E-state index in [1.54, 1.807) is 36.4 Å². The maximum absolute atomic E-state index is 11.2. The van der Waals surface area contributed by atoms with Crippen LogP contribution in [0.4, 0.5) is 0 Å².